The lowest BCUT2D eigenvalue weighted by Gasteiger charge is -2.28. The molecule has 0 aromatic heterocycles. The van der Waals surface area contributed by atoms with Gasteiger partial charge >= 0.3 is 0 Å². The van der Waals surface area contributed by atoms with E-state index in [1.54, 1.807) is 7.11 Å². The van der Waals surface area contributed by atoms with Crippen molar-refractivity contribution in [3.05, 3.63) is 23.8 Å². The Bertz CT molecular complexity index is 413. The number of benzene rings is 1. The van der Waals surface area contributed by atoms with E-state index >= 15 is 0 Å². The Morgan fingerprint density at radius 1 is 1.42 bits per heavy atom. The number of aliphatic hydroxyl groups excluding tert-OH is 1. The van der Waals surface area contributed by atoms with Crippen molar-refractivity contribution in [2.75, 3.05) is 25.1 Å². The third kappa shape index (κ3) is 3.41. The molecule has 1 N–H and O–H groups in total. The van der Waals surface area contributed by atoms with Crippen molar-refractivity contribution in [3.63, 3.8) is 0 Å². The highest BCUT2D eigenvalue weighted by atomic mass is 16.5. The molecule has 1 fully saturated rings. The van der Waals surface area contributed by atoms with Gasteiger partial charge in [-0.15, -0.1) is 0 Å². The second kappa shape index (κ2) is 6.29. The largest absolute Gasteiger partial charge is 0.496 e. The molecule has 0 amide bonds. The monoisotopic (exact) mass is 263 g/mol. The van der Waals surface area contributed by atoms with Gasteiger partial charge in [0, 0.05) is 24.3 Å². The van der Waals surface area contributed by atoms with Gasteiger partial charge in [-0.05, 0) is 44.2 Å². The van der Waals surface area contributed by atoms with Gasteiger partial charge in [-0.2, -0.15) is 0 Å². The zero-order valence-corrected chi connectivity index (χ0v) is 12.2. The zero-order valence-electron chi connectivity index (χ0n) is 12.2. The Morgan fingerprint density at radius 2 is 2.16 bits per heavy atom. The molecule has 0 saturated heterocycles. The number of rotatable bonds is 7. The fraction of sp³-hybridized carbons (Fsp3) is 0.625. The number of methoxy groups -OCH3 is 1. The second-order valence-electron chi connectivity index (χ2n) is 5.46. The molecule has 1 aliphatic carbocycles. The predicted octanol–water partition coefficient (Wildman–Crippen LogP) is 3.37. The van der Waals surface area contributed by atoms with Crippen molar-refractivity contribution in [2.24, 2.45) is 5.92 Å². The summed E-state index contributed by atoms with van der Waals surface area (Å²) in [6.07, 6.45) is 3.29. The highest BCUT2D eigenvalue weighted by Crippen LogP contribution is 2.37. The van der Waals surface area contributed by atoms with Crippen LogP contribution in [0.25, 0.3) is 0 Å². The smallest absolute Gasteiger partial charge is 0.126 e. The Kier molecular flexibility index (Phi) is 4.70. The zero-order chi connectivity index (χ0) is 13.8. The Morgan fingerprint density at radius 3 is 2.68 bits per heavy atom. The van der Waals surface area contributed by atoms with Crippen LogP contribution in [0.4, 0.5) is 5.69 Å². The van der Waals surface area contributed by atoms with Gasteiger partial charge in [0.15, 0.2) is 0 Å². The topological polar surface area (TPSA) is 32.7 Å². The van der Waals surface area contributed by atoms with E-state index in [0.29, 0.717) is 0 Å². The summed E-state index contributed by atoms with van der Waals surface area (Å²) < 4.78 is 5.41. The molecule has 0 bridgehead atoms. The van der Waals surface area contributed by atoms with E-state index in [0.717, 1.165) is 42.4 Å². The minimum absolute atomic E-state index is 0.510. The van der Waals surface area contributed by atoms with Gasteiger partial charge in [-0.3, -0.25) is 0 Å². The second-order valence-corrected chi connectivity index (χ2v) is 5.46. The molecule has 2 rings (SSSR count). The van der Waals surface area contributed by atoms with Crippen molar-refractivity contribution in [3.8, 4) is 5.75 Å². The van der Waals surface area contributed by atoms with Gasteiger partial charge in [-0.1, -0.05) is 13.0 Å². The third-order valence-corrected chi connectivity index (χ3v) is 3.69. The lowest BCUT2D eigenvalue weighted by molar-refractivity contribution is 0.194. The highest BCUT2D eigenvalue weighted by molar-refractivity contribution is 5.60. The molecule has 0 heterocycles. The summed E-state index contributed by atoms with van der Waals surface area (Å²) in [5.41, 5.74) is 2.04. The molecule has 0 aliphatic heterocycles. The van der Waals surface area contributed by atoms with Crippen LogP contribution in [0.2, 0.25) is 0 Å². The molecule has 0 spiro atoms. The lowest BCUT2D eigenvalue weighted by Crippen LogP contribution is -2.28. The third-order valence-electron chi connectivity index (χ3n) is 3.69. The molecular weight excluding hydrogens is 238 g/mol. The Hall–Kier alpha value is -1.22. The first kappa shape index (κ1) is 14.2. The molecule has 1 aliphatic rings. The summed E-state index contributed by atoms with van der Waals surface area (Å²) in [4.78, 5) is 2.41. The summed E-state index contributed by atoms with van der Waals surface area (Å²) in [6, 6.07) is 6.03. The maximum Gasteiger partial charge on any atom is 0.126 e. The molecule has 1 atom stereocenters. The van der Waals surface area contributed by atoms with Gasteiger partial charge in [0.05, 0.1) is 13.2 Å². The molecular formula is C16H25NO2. The van der Waals surface area contributed by atoms with E-state index in [4.69, 9.17) is 4.74 Å². The summed E-state index contributed by atoms with van der Waals surface area (Å²) in [5.74, 6) is 1.61. The predicted molar refractivity (Wildman–Crippen MR) is 78.9 cm³/mol. The summed E-state index contributed by atoms with van der Waals surface area (Å²) >= 11 is 0. The maximum atomic E-state index is 10.1. The minimum atomic E-state index is -0.510. The number of hydrogen-bond acceptors (Lipinski definition) is 3. The van der Waals surface area contributed by atoms with E-state index in [9.17, 15) is 5.11 Å². The van der Waals surface area contributed by atoms with Crippen LogP contribution < -0.4 is 9.64 Å². The molecule has 1 aromatic rings. The Labute approximate surface area is 116 Å². The van der Waals surface area contributed by atoms with Gasteiger partial charge in [0.1, 0.15) is 5.75 Å². The van der Waals surface area contributed by atoms with Crippen molar-refractivity contribution >= 4 is 5.69 Å². The number of aliphatic hydroxyl groups is 1. The summed E-state index contributed by atoms with van der Waals surface area (Å²) in [6.45, 7) is 6.13. The van der Waals surface area contributed by atoms with E-state index in [1.165, 1.54) is 12.8 Å². The molecule has 1 aromatic carbocycles. The fourth-order valence-corrected chi connectivity index (χ4v) is 2.60. The first-order valence-corrected chi connectivity index (χ1v) is 7.27. The van der Waals surface area contributed by atoms with Crippen molar-refractivity contribution in [1.29, 1.82) is 0 Å². The average Bonchev–Trinajstić information content (AvgIpc) is 3.21. The van der Waals surface area contributed by atoms with Crippen LogP contribution in [0.3, 0.4) is 0 Å². The lowest BCUT2D eigenvalue weighted by atomic mass is 10.0. The van der Waals surface area contributed by atoms with Crippen LogP contribution in [0, 0.1) is 5.92 Å². The minimum Gasteiger partial charge on any atom is -0.496 e. The van der Waals surface area contributed by atoms with Gasteiger partial charge in [-0.25, -0.2) is 0 Å². The average molecular weight is 263 g/mol. The van der Waals surface area contributed by atoms with Gasteiger partial charge < -0.3 is 14.7 Å². The van der Waals surface area contributed by atoms with Crippen molar-refractivity contribution in [1.82, 2.24) is 0 Å². The molecule has 106 valence electrons. The Balaban J connectivity index is 2.33. The summed E-state index contributed by atoms with van der Waals surface area (Å²) in [7, 11) is 1.66. The molecule has 1 saturated carbocycles. The van der Waals surface area contributed by atoms with Crippen LogP contribution in [0.15, 0.2) is 18.2 Å². The van der Waals surface area contributed by atoms with Crippen molar-refractivity contribution in [2.45, 2.75) is 39.2 Å². The van der Waals surface area contributed by atoms with Crippen LogP contribution >= 0.6 is 0 Å². The van der Waals surface area contributed by atoms with Gasteiger partial charge in [0.25, 0.3) is 0 Å². The number of ether oxygens (including phenoxy) is 1. The molecule has 1 unspecified atom stereocenters. The van der Waals surface area contributed by atoms with E-state index in [-0.39, 0.29) is 0 Å². The number of hydrogen-bond donors (Lipinski definition) is 1. The first-order chi connectivity index (χ1) is 9.17. The number of nitrogens with zero attached hydrogens (tertiary/aromatic N) is 1. The molecule has 19 heavy (non-hydrogen) atoms. The van der Waals surface area contributed by atoms with E-state index < -0.39 is 6.10 Å². The highest BCUT2D eigenvalue weighted by Gasteiger charge is 2.26. The molecule has 0 radical (unpaired) electrons. The quantitative estimate of drug-likeness (QED) is 0.818. The molecule has 3 nitrogen and oxygen atoms in total. The van der Waals surface area contributed by atoms with Crippen LogP contribution in [0.5, 0.6) is 5.75 Å². The van der Waals surface area contributed by atoms with Crippen LogP contribution in [-0.4, -0.2) is 25.3 Å². The van der Waals surface area contributed by atoms with Crippen LogP contribution in [-0.2, 0) is 0 Å². The fourth-order valence-electron chi connectivity index (χ4n) is 2.60. The van der Waals surface area contributed by atoms with Crippen LogP contribution in [0.1, 0.15) is 44.8 Å². The standard InChI is InChI=1S/C16H25NO2/c1-4-10-17(11-13-8-9-13)14-6-5-7-15(19-3)16(14)12(2)18/h5-7,12-13,18H,4,8-11H2,1-3H3. The van der Waals surface area contributed by atoms with E-state index in [2.05, 4.69) is 17.9 Å². The maximum absolute atomic E-state index is 10.1. The SMILES string of the molecule is CCCN(CC1CC1)c1cccc(OC)c1C(C)O. The normalized spacial score (nSPS) is 16.2. The summed E-state index contributed by atoms with van der Waals surface area (Å²) in [5, 5.41) is 10.1. The number of anilines is 1. The van der Waals surface area contributed by atoms with Gasteiger partial charge in [0.2, 0.25) is 0 Å². The van der Waals surface area contributed by atoms with E-state index in [1.807, 2.05) is 19.1 Å². The molecule has 3 heteroatoms. The first-order valence-electron chi connectivity index (χ1n) is 7.27. The van der Waals surface area contributed by atoms with Crippen molar-refractivity contribution < 1.29 is 9.84 Å².